The first kappa shape index (κ1) is 11.8. The quantitative estimate of drug-likeness (QED) is 0.803. The summed E-state index contributed by atoms with van der Waals surface area (Å²) in [5.41, 5.74) is 0.931. The molecule has 0 radical (unpaired) electrons. The van der Waals surface area contributed by atoms with E-state index in [0.717, 1.165) is 13.7 Å². The summed E-state index contributed by atoms with van der Waals surface area (Å²) >= 11 is 5.66. The number of hydrogen-bond acceptors (Lipinski definition) is 2. The third-order valence-corrected chi connectivity index (χ3v) is 3.99. The number of nitrogens with one attached hydrogen (secondary N) is 2. The van der Waals surface area contributed by atoms with Crippen molar-refractivity contribution in [2.45, 2.75) is 0 Å². The third-order valence-electron chi connectivity index (χ3n) is 1.65. The first-order valence-corrected chi connectivity index (χ1v) is 5.90. The summed E-state index contributed by atoms with van der Waals surface area (Å²) < 4.78 is 2.17. The van der Waals surface area contributed by atoms with Gasteiger partial charge in [0.2, 0.25) is 5.91 Å². The second-order valence-corrected chi connectivity index (χ2v) is 4.67. The number of hydrogen-bond donors (Lipinski definition) is 2. The maximum absolute atomic E-state index is 11.0. The first-order chi connectivity index (χ1) is 6.63. The Morgan fingerprint density at radius 1 is 1.57 bits per heavy atom. The van der Waals surface area contributed by atoms with Crippen LogP contribution in [0.25, 0.3) is 0 Å². The maximum atomic E-state index is 11.0. The van der Waals surface area contributed by atoms with E-state index in [0.29, 0.717) is 6.54 Å². The lowest BCUT2D eigenvalue weighted by Gasteiger charge is -2.06. The Kier molecular flexibility index (Phi) is 4.67. The van der Waals surface area contributed by atoms with Gasteiger partial charge in [-0.1, -0.05) is 0 Å². The summed E-state index contributed by atoms with van der Waals surface area (Å²) in [4.78, 5) is 11.0. The Labute approximate surface area is 105 Å². The van der Waals surface area contributed by atoms with E-state index in [9.17, 15) is 4.79 Å². The molecule has 14 heavy (non-hydrogen) atoms. The van der Waals surface area contributed by atoms with Gasteiger partial charge in [-0.2, -0.15) is 0 Å². The molecule has 0 aliphatic rings. The lowest BCUT2D eigenvalue weighted by atomic mass is 10.3. The number of anilines is 1. The molecule has 0 fully saturated rings. The van der Waals surface area contributed by atoms with Gasteiger partial charge in [-0.25, -0.2) is 0 Å². The van der Waals surface area contributed by atoms with Gasteiger partial charge in [0, 0.05) is 20.8 Å². The van der Waals surface area contributed by atoms with Crippen LogP contribution in [0, 0.1) is 3.57 Å². The Morgan fingerprint density at radius 2 is 2.29 bits per heavy atom. The number of likely N-dealkylation sites (N-methyl/N-ethyl adjacent to an activating group) is 1. The maximum Gasteiger partial charge on any atom is 0.239 e. The molecule has 0 heterocycles. The zero-order valence-electron chi connectivity index (χ0n) is 7.60. The van der Waals surface area contributed by atoms with Crippen LogP contribution >= 0.6 is 38.5 Å². The molecule has 1 aromatic carbocycles. The van der Waals surface area contributed by atoms with Crippen molar-refractivity contribution in [1.82, 2.24) is 5.32 Å². The average Bonchev–Trinajstić information content (AvgIpc) is 2.19. The molecule has 1 aromatic rings. The molecular formula is C9H10BrIN2O. The van der Waals surface area contributed by atoms with Crippen molar-refractivity contribution in [2.24, 2.45) is 0 Å². The van der Waals surface area contributed by atoms with Gasteiger partial charge in [0.25, 0.3) is 0 Å². The largest absolute Gasteiger partial charge is 0.376 e. The van der Waals surface area contributed by atoms with Crippen LogP contribution in [0.4, 0.5) is 5.69 Å². The van der Waals surface area contributed by atoms with E-state index in [1.165, 1.54) is 0 Å². The van der Waals surface area contributed by atoms with E-state index in [-0.39, 0.29) is 5.91 Å². The fraction of sp³-hybridized carbons (Fsp3) is 0.222. The second kappa shape index (κ2) is 5.55. The molecular weight excluding hydrogens is 359 g/mol. The van der Waals surface area contributed by atoms with Crippen molar-refractivity contribution in [3.8, 4) is 0 Å². The van der Waals surface area contributed by atoms with Crippen LogP contribution in [0.5, 0.6) is 0 Å². The second-order valence-electron chi connectivity index (χ2n) is 2.66. The standard InChI is InChI=1S/C9H10BrIN2O/c1-12-9(14)5-13-6-2-3-8(11)7(10)4-6/h2-4,13H,5H2,1H3,(H,12,14). The smallest absolute Gasteiger partial charge is 0.239 e. The van der Waals surface area contributed by atoms with Crippen LogP contribution < -0.4 is 10.6 Å². The summed E-state index contributed by atoms with van der Waals surface area (Å²) in [6, 6.07) is 5.87. The van der Waals surface area contributed by atoms with Crippen LogP contribution in [0.2, 0.25) is 0 Å². The van der Waals surface area contributed by atoms with Gasteiger partial charge >= 0.3 is 0 Å². The molecule has 76 valence electrons. The van der Waals surface area contributed by atoms with Gasteiger partial charge in [-0.05, 0) is 56.7 Å². The summed E-state index contributed by atoms with van der Waals surface area (Å²) in [6.45, 7) is 0.295. The Morgan fingerprint density at radius 3 is 2.86 bits per heavy atom. The Bertz CT molecular complexity index is 344. The van der Waals surface area contributed by atoms with Crippen molar-refractivity contribution in [3.63, 3.8) is 0 Å². The zero-order chi connectivity index (χ0) is 10.6. The monoisotopic (exact) mass is 368 g/mol. The van der Waals surface area contributed by atoms with Gasteiger partial charge in [0.15, 0.2) is 0 Å². The topological polar surface area (TPSA) is 41.1 Å². The molecule has 0 aliphatic carbocycles. The van der Waals surface area contributed by atoms with Crippen molar-refractivity contribution >= 4 is 50.1 Å². The third kappa shape index (κ3) is 3.45. The molecule has 0 aliphatic heterocycles. The van der Waals surface area contributed by atoms with Gasteiger partial charge < -0.3 is 10.6 Å². The number of halogens is 2. The highest BCUT2D eigenvalue weighted by molar-refractivity contribution is 14.1. The lowest BCUT2D eigenvalue weighted by molar-refractivity contribution is -0.118. The fourth-order valence-electron chi connectivity index (χ4n) is 0.877. The van der Waals surface area contributed by atoms with Crippen LogP contribution in [-0.2, 0) is 4.79 Å². The van der Waals surface area contributed by atoms with E-state index in [1.807, 2.05) is 18.2 Å². The van der Waals surface area contributed by atoms with Crippen molar-refractivity contribution in [3.05, 3.63) is 26.2 Å². The number of carbonyl (C=O) groups excluding carboxylic acids is 1. The molecule has 0 saturated heterocycles. The summed E-state index contributed by atoms with van der Waals surface area (Å²) in [7, 11) is 1.62. The van der Waals surface area contributed by atoms with Crippen molar-refractivity contribution in [1.29, 1.82) is 0 Å². The first-order valence-electron chi connectivity index (χ1n) is 4.03. The van der Waals surface area contributed by atoms with Crippen LogP contribution in [0.3, 0.4) is 0 Å². The minimum atomic E-state index is -0.0281. The molecule has 1 rings (SSSR count). The SMILES string of the molecule is CNC(=O)CNc1ccc(I)c(Br)c1. The predicted octanol–water partition coefficient (Wildman–Crippen LogP) is 2.21. The van der Waals surface area contributed by atoms with Gasteiger partial charge in [-0.3, -0.25) is 4.79 Å². The number of rotatable bonds is 3. The minimum absolute atomic E-state index is 0.0281. The molecule has 3 nitrogen and oxygen atoms in total. The molecule has 0 aromatic heterocycles. The Balaban J connectivity index is 2.60. The molecule has 0 saturated carbocycles. The minimum Gasteiger partial charge on any atom is -0.376 e. The molecule has 2 N–H and O–H groups in total. The summed E-state index contributed by atoms with van der Waals surface area (Å²) in [6.07, 6.45) is 0. The van der Waals surface area contributed by atoms with Crippen LogP contribution in [0.1, 0.15) is 0 Å². The van der Waals surface area contributed by atoms with Crippen molar-refractivity contribution < 1.29 is 4.79 Å². The zero-order valence-corrected chi connectivity index (χ0v) is 11.3. The average molecular weight is 369 g/mol. The van der Waals surface area contributed by atoms with Crippen molar-refractivity contribution in [2.75, 3.05) is 18.9 Å². The summed E-state index contributed by atoms with van der Waals surface area (Å²) in [5, 5.41) is 5.56. The van der Waals surface area contributed by atoms with Crippen LogP contribution in [-0.4, -0.2) is 19.5 Å². The molecule has 0 bridgehead atoms. The van der Waals surface area contributed by atoms with Gasteiger partial charge in [-0.15, -0.1) is 0 Å². The van der Waals surface area contributed by atoms with E-state index in [4.69, 9.17) is 0 Å². The Hall–Kier alpha value is -0.300. The van der Waals surface area contributed by atoms with E-state index in [2.05, 4.69) is 49.2 Å². The fourth-order valence-corrected chi connectivity index (χ4v) is 1.59. The van der Waals surface area contributed by atoms with E-state index >= 15 is 0 Å². The van der Waals surface area contributed by atoms with Gasteiger partial charge in [0.1, 0.15) is 0 Å². The normalized spacial score (nSPS) is 9.64. The lowest BCUT2D eigenvalue weighted by Crippen LogP contribution is -2.26. The summed E-state index contributed by atoms with van der Waals surface area (Å²) in [5.74, 6) is -0.0281. The van der Waals surface area contributed by atoms with E-state index < -0.39 is 0 Å². The van der Waals surface area contributed by atoms with E-state index in [1.54, 1.807) is 7.05 Å². The molecule has 0 spiro atoms. The highest BCUT2D eigenvalue weighted by atomic mass is 127. The number of amides is 1. The highest BCUT2D eigenvalue weighted by Crippen LogP contribution is 2.22. The molecule has 5 heteroatoms. The number of carbonyl (C=O) groups is 1. The predicted molar refractivity (Wildman–Crippen MR) is 69.4 cm³/mol. The molecule has 1 amide bonds. The van der Waals surface area contributed by atoms with Gasteiger partial charge in [0.05, 0.1) is 6.54 Å². The molecule has 0 atom stereocenters. The number of benzene rings is 1. The highest BCUT2D eigenvalue weighted by Gasteiger charge is 2.00. The van der Waals surface area contributed by atoms with Crippen LogP contribution in [0.15, 0.2) is 22.7 Å². The molecule has 0 unspecified atom stereocenters.